The minimum absolute atomic E-state index is 0.281. The second-order valence-electron chi connectivity index (χ2n) is 3.58. The fraction of sp³-hybridized carbons (Fsp3) is 0.357. The summed E-state index contributed by atoms with van der Waals surface area (Å²) in [6.07, 6.45) is 8.75. The Kier molecular flexibility index (Phi) is 5.25. The molecule has 1 heteroatoms. The molecule has 0 fully saturated rings. The van der Waals surface area contributed by atoms with Gasteiger partial charge in [-0.25, -0.2) is 0 Å². The smallest absolute Gasteiger partial charge is 0.133 e. The van der Waals surface area contributed by atoms with Gasteiger partial charge in [0.25, 0.3) is 0 Å². The number of hydrogen-bond acceptors (Lipinski definition) is 1. The molecule has 1 aromatic rings. The van der Waals surface area contributed by atoms with Gasteiger partial charge in [-0.2, -0.15) is 0 Å². The van der Waals surface area contributed by atoms with E-state index in [0.29, 0.717) is 19.3 Å². The van der Waals surface area contributed by atoms with Gasteiger partial charge in [-0.15, -0.1) is 12.3 Å². The summed E-state index contributed by atoms with van der Waals surface area (Å²) in [7, 11) is 0. The van der Waals surface area contributed by atoms with Crippen LogP contribution >= 0.6 is 0 Å². The van der Waals surface area contributed by atoms with Gasteiger partial charge >= 0.3 is 0 Å². The van der Waals surface area contributed by atoms with Crippen molar-refractivity contribution in [3.63, 3.8) is 0 Å². The summed E-state index contributed by atoms with van der Waals surface area (Å²) in [5.41, 5.74) is 1.29. The van der Waals surface area contributed by atoms with Crippen molar-refractivity contribution in [3.05, 3.63) is 35.9 Å². The predicted octanol–water partition coefficient (Wildman–Crippen LogP) is 2.99. The maximum Gasteiger partial charge on any atom is 0.133 e. The number of benzene rings is 1. The molecule has 0 aliphatic rings. The molecule has 0 amide bonds. The summed E-state index contributed by atoms with van der Waals surface area (Å²) in [6.45, 7) is 0. The molecule has 1 rings (SSSR count). The second-order valence-corrected chi connectivity index (χ2v) is 3.58. The Balaban J connectivity index is 2.17. The number of rotatable bonds is 6. The van der Waals surface area contributed by atoms with E-state index in [1.54, 1.807) is 0 Å². The normalized spacial score (nSPS) is 9.53. The van der Waals surface area contributed by atoms with Crippen LogP contribution in [0, 0.1) is 12.3 Å². The Morgan fingerprint density at radius 2 is 1.93 bits per heavy atom. The first-order chi connectivity index (χ1) is 7.33. The van der Waals surface area contributed by atoms with Crippen LogP contribution in [-0.2, 0) is 11.2 Å². The van der Waals surface area contributed by atoms with Gasteiger partial charge in [-0.1, -0.05) is 30.3 Å². The molecule has 0 aliphatic heterocycles. The Hall–Kier alpha value is -1.55. The van der Waals surface area contributed by atoms with Gasteiger partial charge < -0.3 is 0 Å². The van der Waals surface area contributed by atoms with Crippen molar-refractivity contribution in [2.24, 2.45) is 0 Å². The molecule has 0 heterocycles. The van der Waals surface area contributed by atoms with Crippen molar-refractivity contribution in [2.45, 2.75) is 32.1 Å². The van der Waals surface area contributed by atoms with Crippen LogP contribution in [0.15, 0.2) is 30.3 Å². The molecule has 0 N–H and O–H groups in total. The first kappa shape index (κ1) is 11.5. The standard InChI is InChI=1S/C14H16O/c1-2-3-11-14(15)12-7-10-13-8-5-4-6-9-13/h1,4-6,8-9H,3,7,10-12H2. The number of Topliss-reactive ketones (excluding diaryl/α,β-unsaturated/α-hetero) is 1. The van der Waals surface area contributed by atoms with E-state index in [1.165, 1.54) is 5.56 Å². The zero-order valence-electron chi connectivity index (χ0n) is 8.91. The highest BCUT2D eigenvalue weighted by atomic mass is 16.1. The maximum absolute atomic E-state index is 11.3. The van der Waals surface area contributed by atoms with Crippen LogP contribution in [0.4, 0.5) is 0 Å². The average Bonchev–Trinajstić information content (AvgIpc) is 2.28. The van der Waals surface area contributed by atoms with Gasteiger partial charge in [0.15, 0.2) is 0 Å². The lowest BCUT2D eigenvalue weighted by molar-refractivity contribution is -0.119. The SMILES string of the molecule is C#CCCC(=O)CCCc1ccccc1. The van der Waals surface area contributed by atoms with Crippen LogP contribution in [0.5, 0.6) is 0 Å². The van der Waals surface area contributed by atoms with Crippen LogP contribution < -0.4 is 0 Å². The van der Waals surface area contributed by atoms with Gasteiger partial charge in [0.2, 0.25) is 0 Å². The van der Waals surface area contributed by atoms with Crippen molar-refractivity contribution in [3.8, 4) is 12.3 Å². The molecule has 0 aromatic heterocycles. The Morgan fingerprint density at radius 1 is 1.20 bits per heavy atom. The van der Waals surface area contributed by atoms with Gasteiger partial charge in [0, 0.05) is 19.3 Å². The molecule has 1 nitrogen and oxygen atoms in total. The van der Waals surface area contributed by atoms with Gasteiger partial charge in [-0.05, 0) is 18.4 Å². The minimum Gasteiger partial charge on any atom is -0.300 e. The first-order valence-corrected chi connectivity index (χ1v) is 5.32. The number of ketones is 1. The molecule has 15 heavy (non-hydrogen) atoms. The van der Waals surface area contributed by atoms with E-state index in [1.807, 2.05) is 18.2 Å². The molecular formula is C14H16O. The van der Waals surface area contributed by atoms with Crippen molar-refractivity contribution >= 4 is 5.78 Å². The molecule has 78 valence electrons. The third-order valence-corrected chi connectivity index (χ3v) is 2.31. The van der Waals surface area contributed by atoms with E-state index >= 15 is 0 Å². The van der Waals surface area contributed by atoms with Gasteiger partial charge in [-0.3, -0.25) is 4.79 Å². The second kappa shape index (κ2) is 6.84. The summed E-state index contributed by atoms with van der Waals surface area (Å²) in [4.78, 5) is 11.3. The Morgan fingerprint density at radius 3 is 2.60 bits per heavy atom. The van der Waals surface area contributed by atoms with Crippen molar-refractivity contribution in [1.82, 2.24) is 0 Å². The molecule has 0 atom stereocenters. The molecular weight excluding hydrogens is 184 g/mol. The number of aryl methyl sites for hydroxylation is 1. The van der Waals surface area contributed by atoms with Crippen LogP contribution in [0.1, 0.15) is 31.2 Å². The number of hydrogen-bond donors (Lipinski definition) is 0. The van der Waals surface area contributed by atoms with E-state index in [2.05, 4.69) is 18.1 Å². The van der Waals surface area contributed by atoms with Gasteiger partial charge in [0.1, 0.15) is 5.78 Å². The van der Waals surface area contributed by atoms with Crippen LogP contribution in [-0.4, -0.2) is 5.78 Å². The topological polar surface area (TPSA) is 17.1 Å². The van der Waals surface area contributed by atoms with Crippen LogP contribution in [0.25, 0.3) is 0 Å². The average molecular weight is 200 g/mol. The molecule has 1 aromatic carbocycles. The lowest BCUT2D eigenvalue weighted by Crippen LogP contribution is -1.98. The van der Waals surface area contributed by atoms with E-state index in [-0.39, 0.29) is 5.78 Å². The number of terminal acetylenes is 1. The summed E-state index contributed by atoms with van der Waals surface area (Å²) in [5, 5.41) is 0. The fourth-order valence-electron chi connectivity index (χ4n) is 1.47. The highest BCUT2D eigenvalue weighted by Crippen LogP contribution is 2.06. The zero-order valence-corrected chi connectivity index (χ0v) is 8.91. The summed E-state index contributed by atoms with van der Waals surface area (Å²) in [6, 6.07) is 10.2. The molecule has 0 saturated carbocycles. The molecule has 0 radical (unpaired) electrons. The quantitative estimate of drug-likeness (QED) is 0.645. The zero-order chi connectivity index (χ0) is 10.9. The molecule has 0 unspecified atom stereocenters. The van der Waals surface area contributed by atoms with Crippen molar-refractivity contribution < 1.29 is 4.79 Å². The minimum atomic E-state index is 0.281. The Bertz CT molecular complexity index is 332. The van der Waals surface area contributed by atoms with Crippen molar-refractivity contribution in [1.29, 1.82) is 0 Å². The molecule has 0 spiro atoms. The highest BCUT2D eigenvalue weighted by Gasteiger charge is 2.00. The maximum atomic E-state index is 11.3. The molecule has 0 bridgehead atoms. The monoisotopic (exact) mass is 200 g/mol. The van der Waals surface area contributed by atoms with Crippen LogP contribution in [0.2, 0.25) is 0 Å². The van der Waals surface area contributed by atoms with E-state index in [0.717, 1.165) is 12.8 Å². The number of carbonyl (C=O) groups is 1. The van der Waals surface area contributed by atoms with Gasteiger partial charge in [0.05, 0.1) is 0 Å². The summed E-state index contributed by atoms with van der Waals surface area (Å²) in [5.74, 6) is 2.77. The fourth-order valence-corrected chi connectivity index (χ4v) is 1.47. The third kappa shape index (κ3) is 5.02. The van der Waals surface area contributed by atoms with E-state index < -0.39 is 0 Å². The van der Waals surface area contributed by atoms with E-state index in [9.17, 15) is 4.79 Å². The lowest BCUT2D eigenvalue weighted by Gasteiger charge is -2.00. The Labute approximate surface area is 91.5 Å². The predicted molar refractivity (Wildman–Crippen MR) is 62.5 cm³/mol. The van der Waals surface area contributed by atoms with E-state index in [4.69, 9.17) is 6.42 Å². The first-order valence-electron chi connectivity index (χ1n) is 5.32. The largest absolute Gasteiger partial charge is 0.300 e. The molecule has 0 aliphatic carbocycles. The number of carbonyl (C=O) groups excluding carboxylic acids is 1. The lowest BCUT2D eigenvalue weighted by atomic mass is 10.0. The third-order valence-electron chi connectivity index (χ3n) is 2.31. The molecule has 0 saturated heterocycles. The summed E-state index contributed by atoms with van der Waals surface area (Å²) >= 11 is 0. The van der Waals surface area contributed by atoms with Crippen LogP contribution in [0.3, 0.4) is 0 Å². The highest BCUT2D eigenvalue weighted by molar-refractivity contribution is 5.78. The summed E-state index contributed by atoms with van der Waals surface area (Å²) < 4.78 is 0. The van der Waals surface area contributed by atoms with Crippen molar-refractivity contribution in [2.75, 3.05) is 0 Å².